The van der Waals surface area contributed by atoms with Gasteiger partial charge in [-0.25, -0.2) is 9.67 Å². The van der Waals surface area contributed by atoms with Gasteiger partial charge in [0, 0.05) is 51.5 Å². The van der Waals surface area contributed by atoms with Crippen molar-refractivity contribution in [3.8, 4) is 16.9 Å². The molecule has 41 heavy (non-hydrogen) atoms. The molecule has 3 aromatic heterocycles. The monoisotopic (exact) mass is 575 g/mol. The predicted molar refractivity (Wildman–Crippen MR) is 161 cm³/mol. The second kappa shape index (κ2) is 11.9. The van der Waals surface area contributed by atoms with E-state index in [2.05, 4.69) is 47.9 Å². The molecule has 5 rings (SSSR count). The summed E-state index contributed by atoms with van der Waals surface area (Å²) >= 11 is 0. The number of carbonyl (C=O) groups excluding carboxylic acids is 2. The van der Waals surface area contributed by atoms with Crippen LogP contribution < -0.4 is 10.2 Å². The molecule has 1 aromatic carbocycles. The van der Waals surface area contributed by atoms with Gasteiger partial charge in [-0.2, -0.15) is 14.9 Å². The number of fused-ring (bicyclic) bond motifs is 1. The summed E-state index contributed by atoms with van der Waals surface area (Å²) in [6, 6.07) is 12.7. The predicted octanol–water partition coefficient (Wildman–Crippen LogP) is 4.35. The summed E-state index contributed by atoms with van der Waals surface area (Å²) in [5.41, 5.74) is 3.12. The Labute approximate surface area is 240 Å². The van der Waals surface area contributed by atoms with Crippen LogP contribution in [-0.4, -0.2) is 76.7 Å². The Kier molecular flexibility index (Phi) is 8.34. The first kappa shape index (κ1) is 28.6. The van der Waals surface area contributed by atoms with Crippen molar-refractivity contribution in [1.82, 2.24) is 24.5 Å². The van der Waals surface area contributed by atoms with Gasteiger partial charge in [0.25, 0.3) is 5.91 Å². The fourth-order valence-electron chi connectivity index (χ4n) is 4.63. The summed E-state index contributed by atoms with van der Waals surface area (Å²) in [7, 11) is -1.16. The largest absolute Gasteiger partial charge is 0.377 e. The molecular weight excluding hydrogens is 538 g/mol. The number of carbonyl (C=O) groups is 2. The molecule has 1 fully saturated rings. The average molecular weight is 576 g/mol. The first-order chi connectivity index (χ1) is 19.6. The molecule has 0 spiro atoms. The van der Waals surface area contributed by atoms with Gasteiger partial charge in [-0.3, -0.25) is 9.59 Å². The molecule has 0 radical (unpaired) electrons. The number of benzene rings is 1. The number of rotatable bonds is 10. The Morgan fingerprint density at radius 2 is 1.93 bits per heavy atom. The number of aromatic nitrogens is 5. The Hall–Kier alpha value is -3.87. The highest BCUT2D eigenvalue weighted by atomic mass is 28.3. The number of nitrogens with zero attached hydrogens (tertiary/aromatic N) is 6. The summed E-state index contributed by atoms with van der Waals surface area (Å²) in [6.45, 7) is 13.5. The number of Topliss-reactive ketones (excluding diaryl/α,β-unsaturated/α-hetero) is 1. The van der Waals surface area contributed by atoms with Crippen molar-refractivity contribution < 1.29 is 19.1 Å². The molecule has 1 aliphatic rings. The van der Waals surface area contributed by atoms with Gasteiger partial charge in [0.05, 0.1) is 25.5 Å². The van der Waals surface area contributed by atoms with Crippen LogP contribution in [0, 0.1) is 0 Å². The zero-order chi connectivity index (χ0) is 29.1. The van der Waals surface area contributed by atoms with E-state index in [9.17, 15) is 9.59 Å². The summed E-state index contributed by atoms with van der Waals surface area (Å²) in [4.78, 5) is 30.5. The molecule has 1 amide bonds. The number of anilines is 2. The molecule has 0 unspecified atom stereocenters. The number of pyridine rings is 1. The zero-order valence-corrected chi connectivity index (χ0v) is 25.3. The van der Waals surface area contributed by atoms with Crippen LogP contribution in [0.1, 0.15) is 13.8 Å². The lowest BCUT2D eigenvalue weighted by atomic mass is 10.0. The van der Waals surface area contributed by atoms with Gasteiger partial charge in [-0.05, 0) is 42.3 Å². The molecule has 0 aliphatic carbocycles. The Morgan fingerprint density at radius 3 is 2.63 bits per heavy atom. The van der Waals surface area contributed by atoms with E-state index in [1.165, 1.54) is 6.92 Å². The molecule has 4 aromatic rings. The van der Waals surface area contributed by atoms with Gasteiger partial charge in [0.1, 0.15) is 12.5 Å². The third-order valence-corrected chi connectivity index (χ3v) is 8.73. The van der Waals surface area contributed by atoms with Gasteiger partial charge in [-0.1, -0.05) is 31.8 Å². The summed E-state index contributed by atoms with van der Waals surface area (Å²) in [6.07, 6.45) is 3.69. The molecule has 1 N–H and O–H groups in total. The molecule has 0 bridgehead atoms. The van der Waals surface area contributed by atoms with Gasteiger partial charge >= 0.3 is 0 Å². The van der Waals surface area contributed by atoms with Crippen molar-refractivity contribution in [2.45, 2.75) is 52.3 Å². The van der Waals surface area contributed by atoms with E-state index in [-0.39, 0.29) is 6.04 Å². The van der Waals surface area contributed by atoms with Crippen molar-refractivity contribution >= 4 is 42.3 Å². The molecule has 1 saturated heterocycles. The number of ether oxygens (including phenoxy) is 2. The lowest BCUT2D eigenvalue weighted by Gasteiger charge is -2.34. The van der Waals surface area contributed by atoms with Crippen LogP contribution in [0.4, 0.5) is 11.5 Å². The van der Waals surface area contributed by atoms with Crippen molar-refractivity contribution in [3.63, 3.8) is 0 Å². The Bertz CT molecular complexity index is 1540. The molecule has 4 heterocycles. The van der Waals surface area contributed by atoms with Gasteiger partial charge in [0.15, 0.2) is 11.5 Å². The fourth-order valence-corrected chi connectivity index (χ4v) is 5.39. The van der Waals surface area contributed by atoms with E-state index >= 15 is 0 Å². The topological polar surface area (TPSA) is 116 Å². The first-order valence-electron chi connectivity index (χ1n) is 13.9. The quantitative estimate of drug-likeness (QED) is 0.169. The van der Waals surface area contributed by atoms with Crippen LogP contribution in [0.5, 0.6) is 0 Å². The lowest BCUT2D eigenvalue weighted by molar-refractivity contribution is -0.133. The maximum absolute atomic E-state index is 11.8. The van der Waals surface area contributed by atoms with E-state index in [0.29, 0.717) is 37.1 Å². The summed E-state index contributed by atoms with van der Waals surface area (Å²) in [5.74, 6) is 0.298. The SMILES string of the molecule is CC(=O)C(=O)Nc1ccc(-c2cc(N3CCOC[C@H]3C)nc3c2cnn3-c2ccn(COCC[Si](C)(C)C)n2)cc1. The normalized spacial score (nSPS) is 15.8. The number of hydrogen-bond acceptors (Lipinski definition) is 8. The van der Waals surface area contributed by atoms with E-state index in [4.69, 9.17) is 19.6 Å². The van der Waals surface area contributed by atoms with Crippen LogP contribution in [0.3, 0.4) is 0 Å². The zero-order valence-electron chi connectivity index (χ0n) is 24.3. The van der Waals surface area contributed by atoms with Crippen molar-refractivity contribution in [3.05, 3.63) is 48.8 Å². The minimum atomic E-state index is -1.16. The molecule has 216 valence electrons. The highest BCUT2D eigenvalue weighted by Crippen LogP contribution is 2.34. The second-order valence-corrected chi connectivity index (χ2v) is 17.2. The van der Waals surface area contributed by atoms with Crippen LogP contribution in [-0.2, 0) is 25.8 Å². The minimum absolute atomic E-state index is 0.162. The van der Waals surface area contributed by atoms with E-state index in [1.807, 2.05) is 24.4 Å². The number of nitrogens with one attached hydrogen (secondary N) is 1. The van der Waals surface area contributed by atoms with Crippen molar-refractivity contribution in [2.24, 2.45) is 0 Å². The third kappa shape index (κ3) is 6.72. The number of morpholine rings is 1. The standard InChI is InChI=1S/C29H37N7O4Si/c1-20-18-39-13-12-35(20)27-16-24(22-6-8-23(9-7-22)31-29(38)21(2)37)25-17-30-36(28(25)32-27)26-10-11-34(33-26)19-40-14-15-41(3,4)5/h6-11,16-17,20H,12-15,18-19H2,1-5H3,(H,31,38)/t20-/m1/s1. The highest BCUT2D eigenvalue weighted by Gasteiger charge is 2.24. The van der Waals surface area contributed by atoms with E-state index in [1.54, 1.807) is 27.7 Å². The minimum Gasteiger partial charge on any atom is -0.377 e. The average Bonchev–Trinajstić information content (AvgIpc) is 3.58. The van der Waals surface area contributed by atoms with Crippen LogP contribution in [0.2, 0.25) is 25.7 Å². The van der Waals surface area contributed by atoms with E-state index < -0.39 is 19.8 Å². The summed E-state index contributed by atoms with van der Waals surface area (Å²) in [5, 5.41) is 12.9. The third-order valence-electron chi connectivity index (χ3n) is 7.03. The van der Waals surface area contributed by atoms with Gasteiger partial charge in [0.2, 0.25) is 5.78 Å². The number of hydrogen-bond donors (Lipinski definition) is 1. The maximum atomic E-state index is 11.8. The molecule has 12 heteroatoms. The van der Waals surface area contributed by atoms with Gasteiger partial charge in [-0.15, -0.1) is 0 Å². The number of amides is 1. The Balaban J connectivity index is 1.49. The molecule has 11 nitrogen and oxygen atoms in total. The molecule has 1 atom stereocenters. The smallest absolute Gasteiger partial charge is 0.291 e. The summed E-state index contributed by atoms with van der Waals surface area (Å²) < 4.78 is 15.1. The highest BCUT2D eigenvalue weighted by molar-refractivity contribution is 6.76. The van der Waals surface area contributed by atoms with Crippen LogP contribution in [0.15, 0.2) is 48.8 Å². The molecule has 0 saturated carbocycles. The molecule has 1 aliphatic heterocycles. The van der Waals surface area contributed by atoms with Crippen molar-refractivity contribution in [2.75, 3.05) is 36.6 Å². The van der Waals surface area contributed by atoms with Crippen molar-refractivity contribution in [1.29, 1.82) is 0 Å². The number of ketones is 1. The maximum Gasteiger partial charge on any atom is 0.291 e. The Morgan fingerprint density at radius 1 is 1.15 bits per heavy atom. The van der Waals surface area contributed by atoms with E-state index in [0.717, 1.165) is 41.5 Å². The van der Waals surface area contributed by atoms with Gasteiger partial charge < -0.3 is 19.7 Å². The van der Waals surface area contributed by atoms with Crippen LogP contribution in [0.25, 0.3) is 28.0 Å². The fraction of sp³-hybridized carbons (Fsp3) is 0.414. The molecular formula is C29H37N7O4Si. The lowest BCUT2D eigenvalue weighted by Crippen LogP contribution is -2.44. The van der Waals surface area contributed by atoms with Crippen LogP contribution >= 0.6 is 0 Å². The first-order valence-corrected chi connectivity index (χ1v) is 17.6. The second-order valence-electron chi connectivity index (χ2n) is 11.6.